The molecule has 1 heterocycles. The Kier molecular flexibility index (Phi) is 8.46. The van der Waals surface area contributed by atoms with Crippen LogP contribution in [0.2, 0.25) is 5.02 Å². The molecule has 0 unspecified atom stereocenters. The summed E-state index contributed by atoms with van der Waals surface area (Å²) in [5, 5.41) is 6.20. The SMILES string of the molecule is CC(C)c1ccc(CNC(=O)[C@@H]2CC(=O)N(c3ccc(OCC(=O)Nc4cccc(Cl)c4)cc3)C2)cc1. The van der Waals surface area contributed by atoms with Gasteiger partial charge in [-0.15, -0.1) is 0 Å². The van der Waals surface area contributed by atoms with Crippen molar-refractivity contribution in [1.29, 1.82) is 0 Å². The maximum absolute atomic E-state index is 12.7. The minimum Gasteiger partial charge on any atom is -0.484 e. The predicted octanol–water partition coefficient (Wildman–Crippen LogP) is 5.15. The third-order valence-electron chi connectivity index (χ3n) is 6.24. The van der Waals surface area contributed by atoms with E-state index >= 15 is 0 Å². The van der Waals surface area contributed by atoms with E-state index in [-0.39, 0.29) is 30.7 Å². The quantitative estimate of drug-likeness (QED) is 0.409. The van der Waals surface area contributed by atoms with Gasteiger partial charge in [-0.2, -0.15) is 0 Å². The number of nitrogens with one attached hydrogen (secondary N) is 2. The van der Waals surface area contributed by atoms with Gasteiger partial charge in [-0.1, -0.05) is 55.8 Å². The number of carbonyl (C=O) groups excluding carboxylic acids is 3. The van der Waals surface area contributed by atoms with E-state index in [2.05, 4.69) is 36.6 Å². The summed E-state index contributed by atoms with van der Waals surface area (Å²) in [6.07, 6.45) is 0.167. The van der Waals surface area contributed by atoms with Crippen molar-refractivity contribution in [1.82, 2.24) is 5.32 Å². The van der Waals surface area contributed by atoms with Crippen molar-refractivity contribution in [3.63, 3.8) is 0 Å². The van der Waals surface area contributed by atoms with Crippen LogP contribution in [0.15, 0.2) is 72.8 Å². The summed E-state index contributed by atoms with van der Waals surface area (Å²) < 4.78 is 5.56. The van der Waals surface area contributed by atoms with E-state index in [1.54, 1.807) is 53.4 Å². The Balaban J connectivity index is 1.25. The molecule has 1 aliphatic heterocycles. The number of anilines is 2. The van der Waals surface area contributed by atoms with E-state index in [1.165, 1.54) is 5.56 Å². The van der Waals surface area contributed by atoms with Gasteiger partial charge in [0, 0.05) is 35.9 Å². The van der Waals surface area contributed by atoms with Crippen molar-refractivity contribution in [2.24, 2.45) is 5.92 Å². The number of benzene rings is 3. The smallest absolute Gasteiger partial charge is 0.262 e. The summed E-state index contributed by atoms with van der Waals surface area (Å²) in [6, 6.07) is 21.9. The monoisotopic (exact) mass is 519 g/mol. The van der Waals surface area contributed by atoms with E-state index in [0.717, 1.165) is 5.56 Å². The molecule has 8 heteroatoms. The van der Waals surface area contributed by atoms with Crippen LogP contribution in [0.4, 0.5) is 11.4 Å². The second-order valence-corrected chi connectivity index (χ2v) is 9.80. The highest BCUT2D eigenvalue weighted by atomic mass is 35.5. The van der Waals surface area contributed by atoms with Crippen LogP contribution in [0.1, 0.15) is 37.3 Å². The Bertz CT molecular complexity index is 1260. The summed E-state index contributed by atoms with van der Waals surface area (Å²) in [6.45, 7) is 4.86. The van der Waals surface area contributed by atoms with Gasteiger partial charge in [0.15, 0.2) is 6.61 Å². The highest BCUT2D eigenvalue weighted by molar-refractivity contribution is 6.30. The van der Waals surface area contributed by atoms with Crippen molar-refractivity contribution in [3.8, 4) is 5.75 Å². The zero-order valence-corrected chi connectivity index (χ0v) is 21.6. The number of rotatable bonds is 9. The number of hydrogen-bond acceptors (Lipinski definition) is 4. The van der Waals surface area contributed by atoms with E-state index in [0.29, 0.717) is 41.2 Å². The molecule has 4 rings (SSSR count). The third-order valence-corrected chi connectivity index (χ3v) is 6.47. The lowest BCUT2D eigenvalue weighted by Crippen LogP contribution is -2.32. The van der Waals surface area contributed by atoms with Gasteiger partial charge in [0.25, 0.3) is 5.91 Å². The largest absolute Gasteiger partial charge is 0.484 e. The predicted molar refractivity (Wildman–Crippen MR) is 145 cm³/mol. The highest BCUT2D eigenvalue weighted by Gasteiger charge is 2.35. The molecule has 0 bridgehead atoms. The van der Waals surface area contributed by atoms with Gasteiger partial charge in [-0.3, -0.25) is 14.4 Å². The van der Waals surface area contributed by atoms with Crippen molar-refractivity contribution >= 4 is 40.7 Å². The summed E-state index contributed by atoms with van der Waals surface area (Å²) in [7, 11) is 0. The number of nitrogens with zero attached hydrogens (tertiary/aromatic N) is 1. The first-order valence-corrected chi connectivity index (χ1v) is 12.6. The van der Waals surface area contributed by atoms with Gasteiger partial charge in [0.05, 0.1) is 5.92 Å². The zero-order chi connectivity index (χ0) is 26.4. The van der Waals surface area contributed by atoms with Crippen molar-refractivity contribution in [3.05, 3.63) is 88.9 Å². The van der Waals surface area contributed by atoms with E-state index in [4.69, 9.17) is 16.3 Å². The lowest BCUT2D eigenvalue weighted by atomic mass is 10.0. The van der Waals surface area contributed by atoms with Crippen LogP contribution in [-0.4, -0.2) is 30.9 Å². The standard InChI is InChI=1S/C29H30ClN3O4/c1-19(2)21-8-6-20(7-9-21)16-31-29(36)22-14-28(35)33(17-22)25-10-12-26(13-11-25)37-18-27(34)32-24-5-3-4-23(30)15-24/h3-13,15,19,22H,14,16-18H2,1-2H3,(H,31,36)(H,32,34)/t22-/m1/s1. The number of carbonyl (C=O) groups is 3. The van der Waals surface area contributed by atoms with Crippen LogP contribution in [0.25, 0.3) is 0 Å². The molecule has 192 valence electrons. The molecule has 0 aromatic heterocycles. The third kappa shape index (κ3) is 7.11. The van der Waals surface area contributed by atoms with Crippen LogP contribution in [-0.2, 0) is 20.9 Å². The van der Waals surface area contributed by atoms with Crippen LogP contribution in [0.3, 0.4) is 0 Å². The highest BCUT2D eigenvalue weighted by Crippen LogP contribution is 2.27. The minimum atomic E-state index is -0.409. The second-order valence-electron chi connectivity index (χ2n) is 9.36. The van der Waals surface area contributed by atoms with Gasteiger partial charge in [-0.05, 0) is 59.5 Å². The zero-order valence-electron chi connectivity index (χ0n) is 20.9. The molecule has 0 radical (unpaired) electrons. The second kappa shape index (κ2) is 11.9. The van der Waals surface area contributed by atoms with Crippen molar-refractivity contribution in [2.45, 2.75) is 32.7 Å². The van der Waals surface area contributed by atoms with Gasteiger partial charge in [-0.25, -0.2) is 0 Å². The molecule has 2 N–H and O–H groups in total. The number of amides is 3. The van der Waals surface area contributed by atoms with Crippen molar-refractivity contribution in [2.75, 3.05) is 23.4 Å². The first kappa shape index (κ1) is 26.2. The molecule has 0 aliphatic carbocycles. The lowest BCUT2D eigenvalue weighted by molar-refractivity contribution is -0.126. The average Bonchev–Trinajstić information content (AvgIpc) is 3.28. The lowest BCUT2D eigenvalue weighted by Gasteiger charge is -2.17. The molecular formula is C29H30ClN3O4. The molecule has 1 fully saturated rings. The summed E-state index contributed by atoms with van der Waals surface area (Å²) in [4.78, 5) is 39.1. The molecule has 37 heavy (non-hydrogen) atoms. The molecule has 1 saturated heterocycles. The van der Waals surface area contributed by atoms with Crippen LogP contribution < -0.4 is 20.3 Å². The van der Waals surface area contributed by atoms with Gasteiger partial charge < -0.3 is 20.3 Å². The average molecular weight is 520 g/mol. The normalized spacial score (nSPS) is 15.1. The maximum atomic E-state index is 12.7. The fourth-order valence-electron chi connectivity index (χ4n) is 4.12. The Morgan fingerprint density at radius 3 is 2.46 bits per heavy atom. The fraction of sp³-hybridized carbons (Fsp3) is 0.276. The molecule has 1 aliphatic rings. The molecule has 7 nitrogen and oxygen atoms in total. The topological polar surface area (TPSA) is 87.7 Å². The van der Waals surface area contributed by atoms with E-state index in [9.17, 15) is 14.4 Å². The van der Waals surface area contributed by atoms with Crippen molar-refractivity contribution < 1.29 is 19.1 Å². The van der Waals surface area contributed by atoms with Gasteiger partial charge in [0.2, 0.25) is 11.8 Å². The van der Waals surface area contributed by atoms with Crippen LogP contribution in [0.5, 0.6) is 5.75 Å². The first-order valence-electron chi connectivity index (χ1n) is 12.2. The number of ether oxygens (including phenoxy) is 1. The number of halogens is 1. The Morgan fingerprint density at radius 2 is 1.78 bits per heavy atom. The molecular weight excluding hydrogens is 490 g/mol. The maximum Gasteiger partial charge on any atom is 0.262 e. The molecule has 0 spiro atoms. The van der Waals surface area contributed by atoms with Crippen LogP contribution >= 0.6 is 11.6 Å². The molecule has 3 aromatic carbocycles. The Labute approximate surface area is 221 Å². The van der Waals surface area contributed by atoms with Crippen LogP contribution in [0, 0.1) is 5.92 Å². The molecule has 3 aromatic rings. The van der Waals surface area contributed by atoms with Gasteiger partial charge in [0.1, 0.15) is 5.75 Å². The summed E-state index contributed by atoms with van der Waals surface area (Å²) >= 11 is 5.93. The fourth-order valence-corrected chi connectivity index (χ4v) is 4.31. The van der Waals surface area contributed by atoms with E-state index in [1.807, 2.05) is 12.1 Å². The molecule has 0 saturated carbocycles. The first-order chi connectivity index (χ1) is 17.8. The van der Waals surface area contributed by atoms with Gasteiger partial charge >= 0.3 is 0 Å². The summed E-state index contributed by atoms with van der Waals surface area (Å²) in [5.74, 6) is -0.00169. The minimum absolute atomic E-state index is 0.101. The Morgan fingerprint density at radius 1 is 1.05 bits per heavy atom. The summed E-state index contributed by atoms with van der Waals surface area (Å²) in [5.41, 5.74) is 3.55. The Hall–Kier alpha value is -3.84. The number of hydrogen-bond donors (Lipinski definition) is 2. The molecule has 1 atom stereocenters. The molecule has 3 amide bonds. The van der Waals surface area contributed by atoms with E-state index < -0.39 is 5.92 Å².